The van der Waals surface area contributed by atoms with E-state index < -0.39 is 10.0 Å². The molecular formula is C18H18ClN3O3S. The van der Waals surface area contributed by atoms with Gasteiger partial charge in [0, 0.05) is 31.2 Å². The molecule has 0 bridgehead atoms. The van der Waals surface area contributed by atoms with E-state index >= 15 is 0 Å². The van der Waals surface area contributed by atoms with Crippen LogP contribution in [0.2, 0.25) is 5.02 Å². The molecule has 0 radical (unpaired) electrons. The molecule has 1 aromatic heterocycles. The molecule has 2 heterocycles. The molecule has 0 unspecified atom stereocenters. The van der Waals surface area contributed by atoms with Crippen LogP contribution in [-0.4, -0.2) is 48.8 Å². The Morgan fingerprint density at radius 2 is 1.69 bits per heavy atom. The zero-order chi connectivity index (χ0) is 18.1. The quantitative estimate of drug-likeness (QED) is 0.684. The first kappa shape index (κ1) is 17.5. The third-order valence-corrected chi connectivity index (χ3v) is 6.64. The van der Waals surface area contributed by atoms with Crippen molar-refractivity contribution in [3.8, 4) is 0 Å². The van der Waals surface area contributed by atoms with Gasteiger partial charge >= 0.3 is 0 Å². The average Bonchev–Trinajstić information content (AvgIpc) is 3.05. The van der Waals surface area contributed by atoms with Crippen molar-refractivity contribution < 1.29 is 12.8 Å². The third-order valence-electron chi connectivity index (χ3n) is 4.48. The van der Waals surface area contributed by atoms with Crippen LogP contribution < -0.4 is 0 Å². The first-order valence-electron chi connectivity index (χ1n) is 8.35. The van der Waals surface area contributed by atoms with Gasteiger partial charge in [-0.2, -0.15) is 4.31 Å². The Labute approximate surface area is 157 Å². The number of fused-ring (bicyclic) bond motifs is 1. The van der Waals surface area contributed by atoms with E-state index in [0.29, 0.717) is 43.6 Å². The molecular weight excluding hydrogens is 374 g/mol. The fourth-order valence-corrected chi connectivity index (χ4v) is 4.61. The number of hydrogen-bond acceptors (Lipinski definition) is 5. The molecule has 0 amide bonds. The zero-order valence-corrected chi connectivity index (χ0v) is 15.6. The Kier molecular flexibility index (Phi) is 4.71. The number of nitrogens with zero attached hydrogens (tertiary/aromatic N) is 3. The molecule has 1 saturated heterocycles. The Hall–Kier alpha value is -1.93. The minimum absolute atomic E-state index is 0.273. The second-order valence-corrected chi connectivity index (χ2v) is 8.58. The summed E-state index contributed by atoms with van der Waals surface area (Å²) in [4.78, 5) is 6.90. The van der Waals surface area contributed by atoms with Crippen LogP contribution in [0.4, 0.5) is 0 Å². The second kappa shape index (κ2) is 7.00. The van der Waals surface area contributed by atoms with Gasteiger partial charge in [0.25, 0.3) is 0 Å². The number of benzene rings is 2. The Morgan fingerprint density at radius 3 is 2.38 bits per heavy atom. The first-order chi connectivity index (χ1) is 12.5. The second-order valence-electron chi connectivity index (χ2n) is 6.21. The molecule has 2 aromatic carbocycles. The van der Waals surface area contributed by atoms with Crippen molar-refractivity contribution in [1.29, 1.82) is 0 Å². The number of oxazole rings is 1. The number of rotatable bonds is 4. The number of aromatic nitrogens is 1. The lowest BCUT2D eigenvalue weighted by molar-refractivity contribution is 0.169. The average molecular weight is 392 g/mol. The van der Waals surface area contributed by atoms with Crippen molar-refractivity contribution in [3.05, 3.63) is 59.4 Å². The highest BCUT2D eigenvalue weighted by atomic mass is 35.5. The number of hydrogen-bond donors (Lipinski definition) is 0. The minimum Gasteiger partial charge on any atom is -0.439 e. The van der Waals surface area contributed by atoms with E-state index in [1.807, 2.05) is 24.3 Å². The molecule has 0 spiro atoms. The number of piperazine rings is 1. The van der Waals surface area contributed by atoms with E-state index in [2.05, 4.69) is 9.88 Å². The molecule has 1 fully saturated rings. The van der Waals surface area contributed by atoms with Crippen molar-refractivity contribution >= 4 is 32.7 Å². The third kappa shape index (κ3) is 3.48. The van der Waals surface area contributed by atoms with Crippen LogP contribution in [-0.2, 0) is 16.6 Å². The van der Waals surface area contributed by atoms with E-state index in [1.165, 1.54) is 4.31 Å². The Morgan fingerprint density at radius 1 is 1.00 bits per heavy atom. The molecule has 1 aliphatic heterocycles. The molecule has 0 N–H and O–H groups in total. The predicted molar refractivity (Wildman–Crippen MR) is 99.5 cm³/mol. The van der Waals surface area contributed by atoms with Gasteiger partial charge in [-0.1, -0.05) is 23.7 Å². The van der Waals surface area contributed by atoms with Gasteiger partial charge in [0.2, 0.25) is 15.9 Å². The largest absolute Gasteiger partial charge is 0.439 e. The fraction of sp³-hybridized carbons (Fsp3) is 0.278. The molecule has 136 valence electrons. The number of sulfonamides is 1. The number of para-hydroxylation sites is 2. The highest BCUT2D eigenvalue weighted by Crippen LogP contribution is 2.21. The van der Waals surface area contributed by atoms with Gasteiger partial charge in [-0.05, 0) is 36.4 Å². The normalized spacial score (nSPS) is 17.0. The molecule has 4 rings (SSSR count). The van der Waals surface area contributed by atoms with Crippen molar-refractivity contribution in [2.24, 2.45) is 0 Å². The summed E-state index contributed by atoms with van der Waals surface area (Å²) in [7, 11) is -3.49. The van der Waals surface area contributed by atoms with Gasteiger partial charge in [-0.15, -0.1) is 0 Å². The number of halogens is 1. The Bertz CT molecular complexity index is 977. The van der Waals surface area contributed by atoms with E-state index in [1.54, 1.807) is 24.3 Å². The SMILES string of the molecule is O=S(=O)(c1ccc(Cl)cc1)N1CCN(Cc2nc3ccccc3o2)CC1. The summed E-state index contributed by atoms with van der Waals surface area (Å²) in [6.45, 7) is 2.71. The Balaban J connectivity index is 1.41. The summed E-state index contributed by atoms with van der Waals surface area (Å²) in [5.41, 5.74) is 1.61. The summed E-state index contributed by atoms with van der Waals surface area (Å²) in [5.74, 6) is 0.653. The maximum atomic E-state index is 12.7. The molecule has 1 aliphatic rings. The monoisotopic (exact) mass is 391 g/mol. The van der Waals surface area contributed by atoms with Crippen LogP contribution in [0.1, 0.15) is 5.89 Å². The summed E-state index contributed by atoms with van der Waals surface area (Å²) >= 11 is 5.84. The van der Waals surface area contributed by atoms with Crippen LogP contribution in [0.5, 0.6) is 0 Å². The van der Waals surface area contributed by atoms with E-state index in [4.69, 9.17) is 16.0 Å². The smallest absolute Gasteiger partial charge is 0.243 e. The summed E-state index contributed by atoms with van der Waals surface area (Å²) in [6, 6.07) is 13.9. The van der Waals surface area contributed by atoms with Crippen LogP contribution in [0.25, 0.3) is 11.1 Å². The summed E-state index contributed by atoms with van der Waals surface area (Å²) in [6.07, 6.45) is 0. The molecule has 3 aromatic rings. The zero-order valence-electron chi connectivity index (χ0n) is 14.0. The van der Waals surface area contributed by atoms with Crippen LogP contribution in [0.15, 0.2) is 57.8 Å². The van der Waals surface area contributed by atoms with Crippen LogP contribution >= 0.6 is 11.6 Å². The van der Waals surface area contributed by atoms with Gasteiger partial charge in [-0.3, -0.25) is 4.90 Å². The van der Waals surface area contributed by atoms with Crippen molar-refractivity contribution in [2.75, 3.05) is 26.2 Å². The topological polar surface area (TPSA) is 66.7 Å². The van der Waals surface area contributed by atoms with Gasteiger partial charge < -0.3 is 4.42 Å². The predicted octanol–water partition coefficient (Wildman–Crippen LogP) is 2.99. The van der Waals surface area contributed by atoms with Gasteiger partial charge in [0.1, 0.15) is 5.52 Å². The molecule has 26 heavy (non-hydrogen) atoms. The van der Waals surface area contributed by atoms with E-state index in [9.17, 15) is 8.42 Å². The fourth-order valence-electron chi connectivity index (χ4n) is 3.06. The van der Waals surface area contributed by atoms with Crippen molar-refractivity contribution in [1.82, 2.24) is 14.2 Å². The van der Waals surface area contributed by atoms with Crippen molar-refractivity contribution in [3.63, 3.8) is 0 Å². The van der Waals surface area contributed by atoms with Gasteiger partial charge in [0.05, 0.1) is 11.4 Å². The molecule has 0 atom stereocenters. The first-order valence-corrected chi connectivity index (χ1v) is 10.2. The molecule has 0 aliphatic carbocycles. The highest BCUT2D eigenvalue weighted by molar-refractivity contribution is 7.89. The van der Waals surface area contributed by atoms with Crippen LogP contribution in [0.3, 0.4) is 0 Å². The van der Waals surface area contributed by atoms with E-state index in [-0.39, 0.29) is 4.90 Å². The van der Waals surface area contributed by atoms with Gasteiger partial charge in [0.15, 0.2) is 5.58 Å². The van der Waals surface area contributed by atoms with Crippen molar-refractivity contribution in [2.45, 2.75) is 11.4 Å². The summed E-state index contributed by atoms with van der Waals surface area (Å²) < 4.78 is 32.7. The molecule has 8 heteroatoms. The highest BCUT2D eigenvalue weighted by Gasteiger charge is 2.28. The molecule has 0 saturated carbocycles. The maximum Gasteiger partial charge on any atom is 0.243 e. The standard InChI is InChI=1S/C18H18ClN3O3S/c19-14-5-7-15(8-6-14)26(23,24)22-11-9-21(10-12-22)13-18-20-16-3-1-2-4-17(16)25-18/h1-8H,9-13H2. The van der Waals surface area contributed by atoms with Crippen LogP contribution in [0, 0.1) is 0 Å². The van der Waals surface area contributed by atoms with E-state index in [0.717, 1.165) is 11.1 Å². The lowest BCUT2D eigenvalue weighted by Crippen LogP contribution is -2.48. The maximum absolute atomic E-state index is 12.7. The lowest BCUT2D eigenvalue weighted by atomic mass is 10.3. The molecule has 6 nitrogen and oxygen atoms in total. The summed E-state index contributed by atoms with van der Waals surface area (Å²) in [5, 5.41) is 0.520. The minimum atomic E-state index is -3.49. The lowest BCUT2D eigenvalue weighted by Gasteiger charge is -2.33. The van der Waals surface area contributed by atoms with Gasteiger partial charge in [-0.25, -0.2) is 13.4 Å².